The Hall–Kier alpha value is -2.58. The molecule has 27 heavy (non-hydrogen) atoms. The fourth-order valence-corrected chi connectivity index (χ4v) is 3.13. The Labute approximate surface area is 159 Å². The number of hydrogen-bond acceptors (Lipinski definition) is 5. The zero-order chi connectivity index (χ0) is 20.0. The highest BCUT2D eigenvalue weighted by atomic mass is 32.2. The third-order valence-electron chi connectivity index (χ3n) is 4.21. The monoisotopic (exact) mass is 392 g/mol. The number of hydrogen-bond donors (Lipinski definition) is 1. The Morgan fingerprint density at radius 3 is 2.30 bits per heavy atom. The van der Waals surface area contributed by atoms with Crippen molar-refractivity contribution in [2.45, 2.75) is 24.3 Å². The quantitative estimate of drug-likeness (QED) is 0.740. The van der Waals surface area contributed by atoms with E-state index in [4.69, 9.17) is 14.6 Å². The highest BCUT2D eigenvalue weighted by Crippen LogP contribution is 2.25. The molecule has 0 aromatic heterocycles. The van der Waals surface area contributed by atoms with E-state index in [9.17, 15) is 13.2 Å². The van der Waals surface area contributed by atoms with Gasteiger partial charge in [0.2, 0.25) is 15.9 Å². The lowest BCUT2D eigenvalue weighted by Crippen LogP contribution is -2.26. The van der Waals surface area contributed by atoms with Crippen LogP contribution in [0.4, 0.5) is 0 Å². The Bertz CT molecular complexity index is 895. The van der Waals surface area contributed by atoms with Crippen LogP contribution in [-0.2, 0) is 27.8 Å². The van der Waals surface area contributed by atoms with Crippen molar-refractivity contribution >= 4 is 15.9 Å². The first-order chi connectivity index (χ1) is 12.7. The summed E-state index contributed by atoms with van der Waals surface area (Å²) in [5.41, 5.74) is 1.75. The molecule has 8 heteroatoms. The number of ether oxygens (including phenoxy) is 2. The first-order valence-electron chi connectivity index (χ1n) is 8.31. The van der Waals surface area contributed by atoms with Crippen molar-refractivity contribution in [1.29, 1.82) is 0 Å². The van der Waals surface area contributed by atoms with Crippen LogP contribution < -0.4 is 14.6 Å². The smallest absolute Gasteiger partial charge is 0.238 e. The summed E-state index contributed by atoms with van der Waals surface area (Å²) in [5.74, 6) is 1.32. The van der Waals surface area contributed by atoms with Crippen molar-refractivity contribution in [3.05, 3.63) is 53.6 Å². The lowest BCUT2D eigenvalue weighted by Gasteiger charge is -2.19. The van der Waals surface area contributed by atoms with E-state index in [0.717, 1.165) is 11.1 Å². The van der Waals surface area contributed by atoms with Gasteiger partial charge in [-0.25, -0.2) is 13.6 Å². The SMILES string of the molecule is COc1ccc(CN(C)C(=O)CCc2ccc(S(N)(=O)=O)cc2)c(OC)c1. The van der Waals surface area contributed by atoms with Gasteiger partial charge in [-0.15, -0.1) is 0 Å². The van der Waals surface area contributed by atoms with Gasteiger partial charge < -0.3 is 14.4 Å². The van der Waals surface area contributed by atoms with Crippen LogP contribution in [0.3, 0.4) is 0 Å². The summed E-state index contributed by atoms with van der Waals surface area (Å²) in [6, 6.07) is 11.7. The Morgan fingerprint density at radius 1 is 1.07 bits per heavy atom. The third-order valence-corrected chi connectivity index (χ3v) is 5.14. The van der Waals surface area contributed by atoms with Crippen molar-refractivity contribution < 1.29 is 22.7 Å². The van der Waals surface area contributed by atoms with Crippen LogP contribution in [0.1, 0.15) is 17.5 Å². The van der Waals surface area contributed by atoms with E-state index in [1.54, 1.807) is 44.4 Å². The van der Waals surface area contributed by atoms with E-state index >= 15 is 0 Å². The van der Waals surface area contributed by atoms with Crippen LogP contribution in [0.5, 0.6) is 11.5 Å². The minimum Gasteiger partial charge on any atom is -0.497 e. The molecule has 0 aliphatic heterocycles. The van der Waals surface area contributed by atoms with E-state index in [1.807, 2.05) is 12.1 Å². The van der Waals surface area contributed by atoms with Crippen molar-refractivity contribution in [2.75, 3.05) is 21.3 Å². The molecule has 0 saturated heterocycles. The standard InChI is InChI=1S/C19H24N2O5S/c1-21(13-15-7-8-16(25-2)12-18(15)26-3)19(22)11-6-14-4-9-17(10-5-14)27(20,23)24/h4-5,7-10,12H,6,11,13H2,1-3H3,(H2,20,23,24). The second kappa shape index (κ2) is 8.88. The fourth-order valence-electron chi connectivity index (χ4n) is 2.61. The topological polar surface area (TPSA) is 98.9 Å². The minimum atomic E-state index is -3.71. The van der Waals surface area contributed by atoms with Gasteiger partial charge in [-0.3, -0.25) is 4.79 Å². The van der Waals surface area contributed by atoms with Crippen molar-refractivity contribution in [3.8, 4) is 11.5 Å². The molecule has 2 aromatic carbocycles. The zero-order valence-electron chi connectivity index (χ0n) is 15.6. The molecular formula is C19H24N2O5S. The maximum atomic E-state index is 12.4. The number of methoxy groups -OCH3 is 2. The van der Waals surface area contributed by atoms with Gasteiger partial charge >= 0.3 is 0 Å². The molecule has 0 heterocycles. The number of nitrogens with two attached hydrogens (primary N) is 1. The number of nitrogens with zero attached hydrogens (tertiary/aromatic N) is 1. The van der Waals surface area contributed by atoms with Crippen LogP contribution >= 0.6 is 0 Å². The van der Waals surface area contributed by atoms with Gasteiger partial charge in [0.25, 0.3) is 0 Å². The van der Waals surface area contributed by atoms with E-state index in [0.29, 0.717) is 30.9 Å². The van der Waals surface area contributed by atoms with Crippen molar-refractivity contribution in [2.24, 2.45) is 5.14 Å². The molecule has 0 spiro atoms. The molecule has 0 atom stereocenters. The molecule has 0 unspecified atom stereocenters. The summed E-state index contributed by atoms with van der Waals surface area (Å²) in [6.45, 7) is 0.413. The molecule has 0 aliphatic rings. The van der Waals surface area contributed by atoms with Gasteiger partial charge in [0, 0.05) is 31.6 Å². The molecule has 0 aliphatic carbocycles. The van der Waals surface area contributed by atoms with Gasteiger partial charge in [0.15, 0.2) is 0 Å². The molecule has 0 radical (unpaired) electrons. The van der Waals surface area contributed by atoms with Gasteiger partial charge in [0.05, 0.1) is 19.1 Å². The van der Waals surface area contributed by atoms with Crippen LogP contribution in [-0.4, -0.2) is 40.5 Å². The highest BCUT2D eigenvalue weighted by Gasteiger charge is 2.13. The molecule has 2 rings (SSSR count). The van der Waals surface area contributed by atoms with Crippen molar-refractivity contribution in [1.82, 2.24) is 4.90 Å². The lowest BCUT2D eigenvalue weighted by atomic mass is 10.1. The summed E-state index contributed by atoms with van der Waals surface area (Å²) >= 11 is 0. The highest BCUT2D eigenvalue weighted by molar-refractivity contribution is 7.89. The van der Waals surface area contributed by atoms with Gasteiger partial charge in [-0.05, 0) is 36.2 Å². The molecule has 1 amide bonds. The van der Waals surface area contributed by atoms with E-state index in [-0.39, 0.29) is 10.8 Å². The third kappa shape index (κ3) is 5.70. The first-order valence-corrected chi connectivity index (χ1v) is 9.86. The molecule has 0 fully saturated rings. The lowest BCUT2D eigenvalue weighted by molar-refractivity contribution is -0.130. The van der Waals surface area contributed by atoms with E-state index in [2.05, 4.69) is 0 Å². The summed E-state index contributed by atoms with van der Waals surface area (Å²) in [6.07, 6.45) is 0.817. The molecule has 2 N–H and O–H groups in total. The Balaban J connectivity index is 1.96. The summed E-state index contributed by atoms with van der Waals surface area (Å²) in [5, 5.41) is 5.08. The van der Waals surface area contributed by atoms with Gasteiger partial charge in [-0.2, -0.15) is 0 Å². The molecule has 2 aromatic rings. The molecule has 0 saturated carbocycles. The average Bonchev–Trinajstić information content (AvgIpc) is 2.65. The largest absolute Gasteiger partial charge is 0.497 e. The summed E-state index contributed by atoms with van der Waals surface area (Å²) in [7, 11) is 1.18. The number of carbonyl (C=O) groups is 1. The number of primary sulfonamides is 1. The normalized spacial score (nSPS) is 11.1. The molecule has 7 nitrogen and oxygen atoms in total. The van der Waals surface area contributed by atoms with Gasteiger partial charge in [0.1, 0.15) is 11.5 Å². The van der Waals surface area contributed by atoms with Crippen LogP contribution in [0, 0.1) is 0 Å². The number of benzene rings is 2. The average molecular weight is 392 g/mol. The fraction of sp³-hybridized carbons (Fsp3) is 0.316. The van der Waals surface area contributed by atoms with E-state index < -0.39 is 10.0 Å². The maximum absolute atomic E-state index is 12.4. The molecule has 0 bridgehead atoms. The van der Waals surface area contributed by atoms with Gasteiger partial charge in [-0.1, -0.05) is 12.1 Å². The molecule has 146 valence electrons. The zero-order valence-corrected chi connectivity index (χ0v) is 16.5. The van der Waals surface area contributed by atoms with Crippen LogP contribution in [0.25, 0.3) is 0 Å². The maximum Gasteiger partial charge on any atom is 0.238 e. The molecular weight excluding hydrogens is 368 g/mol. The minimum absolute atomic E-state index is 0.0246. The predicted molar refractivity (Wildman–Crippen MR) is 102 cm³/mol. The predicted octanol–water partition coefficient (Wildman–Crippen LogP) is 1.94. The van der Waals surface area contributed by atoms with Crippen LogP contribution in [0.2, 0.25) is 0 Å². The Kier molecular flexibility index (Phi) is 6.81. The second-order valence-corrected chi connectivity index (χ2v) is 7.68. The number of sulfonamides is 1. The van der Waals surface area contributed by atoms with Crippen LogP contribution in [0.15, 0.2) is 47.4 Å². The van der Waals surface area contributed by atoms with Crippen molar-refractivity contribution in [3.63, 3.8) is 0 Å². The summed E-state index contributed by atoms with van der Waals surface area (Å²) in [4.78, 5) is 14.1. The second-order valence-electron chi connectivity index (χ2n) is 6.12. The Morgan fingerprint density at radius 2 is 1.74 bits per heavy atom. The van der Waals surface area contributed by atoms with E-state index in [1.165, 1.54) is 12.1 Å². The number of amides is 1. The number of carbonyl (C=O) groups excluding carboxylic acids is 1. The first kappa shape index (κ1) is 20.7. The number of aryl methyl sites for hydroxylation is 1. The number of rotatable bonds is 8. The summed E-state index contributed by atoms with van der Waals surface area (Å²) < 4.78 is 33.1.